The van der Waals surface area contributed by atoms with Gasteiger partial charge in [-0.1, -0.05) is 36.4 Å². The minimum absolute atomic E-state index is 0.115. The number of hydrogen-bond acceptors (Lipinski definition) is 4. The maximum atomic E-state index is 13.2. The highest BCUT2D eigenvalue weighted by atomic mass is 16.5. The Morgan fingerprint density at radius 2 is 1.68 bits per heavy atom. The number of piperidine rings is 1. The lowest BCUT2D eigenvalue weighted by atomic mass is 10.0. The Balaban J connectivity index is 1.83. The lowest BCUT2D eigenvalue weighted by Gasteiger charge is -2.41. The fraction of sp³-hybridized carbons (Fsp3) is 0.440. The molecule has 6 heteroatoms. The van der Waals surface area contributed by atoms with Crippen LogP contribution in [0, 0.1) is 0 Å². The molecule has 3 rings (SSSR count). The molecule has 1 saturated heterocycles. The second-order valence-electron chi connectivity index (χ2n) is 8.03. The van der Waals surface area contributed by atoms with Crippen LogP contribution in [-0.2, 0) is 16.1 Å². The van der Waals surface area contributed by atoms with Gasteiger partial charge in [0.15, 0.2) is 6.54 Å². The molecule has 0 bridgehead atoms. The number of benzene rings is 2. The molecule has 0 radical (unpaired) electrons. The molecule has 31 heavy (non-hydrogen) atoms. The van der Waals surface area contributed by atoms with Crippen LogP contribution in [-0.4, -0.2) is 49.2 Å². The van der Waals surface area contributed by atoms with Crippen molar-refractivity contribution in [3.8, 4) is 5.75 Å². The zero-order valence-corrected chi connectivity index (χ0v) is 18.6. The number of nitrogens with zero attached hydrogens (tertiary/aromatic N) is 1. The number of hydrogen-bond donors (Lipinski definition) is 1. The highest BCUT2D eigenvalue weighted by molar-refractivity contribution is 6.03. The van der Waals surface area contributed by atoms with Crippen molar-refractivity contribution in [3.05, 3.63) is 59.7 Å². The Labute approximate surface area is 184 Å². The molecule has 0 atom stereocenters. The first-order chi connectivity index (χ1) is 15.1. The summed E-state index contributed by atoms with van der Waals surface area (Å²) in [5.41, 5.74) is 1.94. The summed E-state index contributed by atoms with van der Waals surface area (Å²) in [5, 5.41) is 2.98. The fourth-order valence-electron chi connectivity index (χ4n) is 4.32. The molecule has 1 aliphatic rings. The number of carbonyl (C=O) groups is 2. The molecule has 1 heterocycles. The van der Waals surface area contributed by atoms with Crippen molar-refractivity contribution < 1.29 is 23.5 Å². The molecular formula is C25H33N2O4+. The molecule has 2 aromatic carbocycles. The van der Waals surface area contributed by atoms with Crippen molar-refractivity contribution in [1.29, 1.82) is 0 Å². The molecule has 0 aliphatic carbocycles. The van der Waals surface area contributed by atoms with E-state index in [4.69, 9.17) is 9.47 Å². The molecule has 0 aromatic heterocycles. The molecule has 6 nitrogen and oxygen atoms in total. The van der Waals surface area contributed by atoms with Crippen LogP contribution in [0.3, 0.4) is 0 Å². The number of rotatable bonds is 9. The van der Waals surface area contributed by atoms with E-state index in [9.17, 15) is 9.59 Å². The first-order valence-corrected chi connectivity index (χ1v) is 11.2. The van der Waals surface area contributed by atoms with Gasteiger partial charge in [0.1, 0.15) is 12.3 Å². The quantitative estimate of drug-likeness (QED) is 0.478. The van der Waals surface area contributed by atoms with Crippen molar-refractivity contribution in [2.45, 2.75) is 39.7 Å². The standard InChI is InChI=1S/C25H32N2O4/c1-3-30-22-15-11-14-21(25(29)31-4-2)24(22)26-23(28)19-27(16-9-6-10-17-27)18-20-12-7-5-8-13-20/h5,7-8,11-15H,3-4,6,9-10,16-19H2,1-2H3/p+1. The topological polar surface area (TPSA) is 64.6 Å². The predicted molar refractivity (Wildman–Crippen MR) is 121 cm³/mol. The Morgan fingerprint density at radius 3 is 2.35 bits per heavy atom. The summed E-state index contributed by atoms with van der Waals surface area (Å²) in [7, 11) is 0. The number of amides is 1. The highest BCUT2D eigenvalue weighted by Crippen LogP contribution is 2.30. The van der Waals surface area contributed by atoms with E-state index in [-0.39, 0.29) is 12.5 Å². The van der Waals surface area contributed by atoms with E-state index in [1.807, 2.05) is 25.1 Å². The average molecular weight is 426 g/mol. The zero-order chi connectivity index (χ0) is 22.1. The van der Waals surface area contributed by atoms with Gasteiger partial charge in [-0.25, -0.2) is 4.79 Å². The van der Waals surface area contributed by atoms with Crippen molar-refractivity contribution in [3.63, 3.8) is 0 Å². The Morgan fingerprint density at radius 1 is 0.935 bits per heavy atom. The molecule has 0 spiro atoms. The summed E-state index contributed by atoms with van der Waals surface area (Å²) >= 11 is 0. The number of likely N-dealkylation sites (tertiary alicyclic amines) is 1. The summed E-state index contributed by atoms with van der Waals surface area (Å²) < 4.78 is 11.6. The van der Waals surface area contributed by atoms with E-state index in [1.54, 1.807) is 25.1 Å². The number of quaternary nitrogens is 1. The van der Waals surface area contributed by atoms with Gasteiger partial charge in [0, 0.05) is 5.56 Å². The van der Waals surface area contributed by atoms with Crippen molar-refractivity contribution in [2.75, 3.05) is 38.2 Å². The molecule has 1 amide bonds. The normalized spacial score (nSPS) is 15.2. The van der Waals surface area contributed by atoms with Crippen LogP contribution in [0.5, 0.6) is 5.75 Å². The van der Waals surface area contributed by atoms with E-state index in [0.29, 0.717) is 30.2 Å². The number of ether oxygens (including phenoxy) is 2. The number of nitrogens with one attached hydrogen (secondary N) is 1. The summed E-state index contributed by atoms with van der Waals surface area (Å²) in [6.07, 6.45) is 3.43. The van der Waals surface area contributed by atoms with Crippen LogP contribution in [0.25, 0.3) is 0 Å². The zero-order valence-electron chi connectivity index (χ0n) is 18.6. The van der Waals surface area contributed by atoms with Crippen molar-refractivity contribution in [2.24, 2.45) is 0 Å². The first-order valence-electron chi connectivity index (χ1n) is 11.2. The second kappa shape index (κ2) is 11.0. The minimum Gasteiger partial charge on any atom is -0.492 e. The summed E-state index contributed by atoms with van der Waals surface area (Å²) in [4.78, 5) is 25.7. The van der Waals surface area contributed by atoms with Gasteiger partial charge in [-0.05, 0) is 45.2 Å². The minimum atomic E-state index is -0.467. The van der Waals surface area contributed by atoms with E-state index >= 15 is 0 Å². The number of para-hydroxylation sites is 1. The Kier molecular flexibility index (Phi) is 8.06. The molecule has 1 fully saturated rings. The summed E-state index contributed by atoms with van der Waals surface area (Å²) in [6, 6.07) is 15.5. The van der Waals surface area contributed by atoms with Gasteiger partial charge < -0.3 is 19.3 Å². The van der Waals surface area contributed by atoms with Gasteiger partial charge in [-0.3, -0.25) is 4.79 Å². The second-order valence-corrected chi connectivity index (χ2v) is 8.03. The molecule has 0 unspecified atom stereocenters. The third-order valence-corrected chi connectivity index (χ3v) is 5.69. The molecule has 1 N–H and O–H groups in total. The first kappa shape index (κ1) is 22.8. The van der Waals surface area contributed by atoms with Crippen LogP contribution in [0.4, 0.5) is 5.69 Å². The number of esters is 1. The van der Waals surface area contributed by atoms with E-state index < -0.39 is 5.97 Å². The summed E-state index contributed by atoms with van der Waals surface area (Å²) in [5.74, 6) is -0.101. The summed E-state index contributed by atoms with van der Waals surface area (Å²) in [6.45, 7) is 7.46. The van der Waals surface area contributed by atoms with Gasteiger partial charge in [-0.2, -0.15) is 0 Å². The molecule has 0 saturated carbocycles. The van der Waals surface area contributed by atoms with Crippen LogP contribution in [0.2, 0.25) is 0 Å². The van der Waals surface area contributed by atoms with Crippen LogP contribution >= 0.6 is 0 Å². The molecule has 1 aliphatic heterocycles. The largest absolute Gasteiger partial charge is 0.492 e. The Bertz CT molecular complexity index is 876. The van der Waals surface area contributed by atoms with Gasteiger partial charge in [0.05, 0.1) is 37.6 Å². The monoisotopic (exact) mass is 425 g/mol. The fourth-order valence-corrected chi connectivity index (χ4v) is 4.32. The number of anilines is 1. The molecule has 2 aromatic rings. The highest BCUT2D eigenvalue weighted by Gasteiger charge is 2.33. The van der Waals surface area contributed by atoms with Crippen LogP contribution in [0.1, 0.15) is 49.0 Å². The molecular weight excluding hydrogens is 392 g/mol. The van der Waals surface area contributed by atoms with E-state index in [2.05, 4.69) is 17.4 Å². The van der Waals surface area contributed by atoms with Crippen LogP contribution < -0.4 is 10.1 Å². The van der Waals surface area contributed by atoms with Crippen LogP contribution in [0.15, 0.2) is 48.5 Å². The Hall–Kier alpha value is -2.86. The van der Waals surface area contributed by atoms with Gasteiger partial charge in [0.2, 0.25) is 0 Å². The third kappa shape index (κ3) is 6.07. The maximum absolute atomic E-state index is 13.2. The average Bonchev–Trinajstić information content (AvgIpc) is 2.76. The molecule has 166 valence electrons. The van der Waals surface area contributed by atoms with Gasteiger partial charge >= 0.3 is 5.97 Å². The van der Waals surface area contributed by atoms with E-state index in [0.717, 1.165) is 37.0 Å². The predicted octanol–water partition coefficient (Wildman–Crippen LogP) is 4.40. The van der Waals surface area contributed by atoms with Gasteiger partial charge in [-0.15, -0.1) is 0 Å². The lowest BCUT2D eigenvalue weighted by molar-refractivity contribution is -0.937. The smallest absolute Gasteiger partial charge is 0.340 e. The van der Waals surface area contributed by atoms with Gasteiger partial charge in [0.25, 0.3) is 5.91 Å². The number of carbonyl (C=O) groups excluding carboxylic acids is 2. The SMILES string of the molecule is CCOC(=O)c1cccc(OCC)c1NC(=O)C[N+]1(Cc2ccccc2)CCCCC1. The maximum Gasteiger partial charge on any atom is 0.340 e. The van der Waals surface area contributed by atoms with E-state index in [1.165, 1.54) is 12.0 Å². The lowest BCUT2D eigenvalue weighted by Crippen LogP contribution is -2.54. The van der Waals surface area contributed by atoms with Crippen molar-refractivity contribution in [1.82, 2.24) is 0 Å². The third-order valence-electron chi connectivity index (χ3n) is 5.69. The van der Waals surface area contributed by atoms with Crippen molar-refractivity contribution >= 4 is 17.6 Å².